The van der Waals surface area contributed by atoms with Gasteiger partial charge in [0, 0.05) is 28.8 Å². The lowest BCUT2D eigenvalue weighted by molar-refractivity contribution is -0.0597. The van der Waals surface area contributed by atoms with Crippen LogP contribution in [0.5, 0.6) is 5.75 Å². The van der Waals surface area contributed by atoms with Crippen LogP contribution in [0.25, 0.3) is 0 Å². The molecule has 2 unspecified atom stereocenters. The summed E-state index contributed by atoms with van der Waals surface area (Å²) in [5.74, 6) is 1.28. The van der Waals surface area contributed by atoms with Crippen LogP contribution in [0.1, 0.15) is 113 Å². The van der Waals surface area contributed by atoms with Crippen LogP contribution in [0.2, 0.25) is 0 Å². The van der Waals surface area contributed by atoms with Crippen LogP contribution >= 0.6 is 0 Å². The number of amides is 1. The van der Waals surface area contributed by atoms with Gasteiger partial charge in [-0.05, 0) is 103 Å². The maximum Gasteiger partial charge on any atom is 0.259 e. The van der Waals surface area contributed by atoms with Gasteiger partial charge in [-0.3, -0.25) is 4.79 Å². The summed E-state index contributed by atoms with van der Waals surface area (Å²) in [5.41, 5.74) is 6.84. The fourth-order valence-electron chi connectivity index (χ4n) is 5.93. The van der Waals surface area contributed by atoms with Crippen LogP contribution in [0, 0.1) is 0 Å². The van der Waals surface area contributed by atoms with Gasteiger partial charge in [-0.1, -0.05) is 60.6 Å². The third kappa shape index (κ3) is 6.44. The normalized spacial score (nSPS) is 23.3. The first kappa shape index (κ1) is 29.9. The molecule has 2 heterocycles. The highest BCUT2D eigenvalue weighted by Crippen LogP contribution is 2.49. The number of carbonyl (C=O) groups is 1. The summed E-state index contributed by atoms with van der Waals surface area (Å²) in [6.45, 7) is 14.7. The fraction of sp³-hybridized carbons (Fsp3) is 0.472. The van der Waals surface area contributed by atoms with E-state index in [0.717, 1.165) is 66.7 Å². The molecule has 4 nitrogen and oxygen atoms in total. The number of hydrogen-bond donors (Lipinski definition) is 1. The number of allylic oxidation sites excluding steroid dienone is 10. The van der Waals surface area contributed by atoms with Crippen molar-refractivity contribution in [2.75, 3.05) is 0 Å². The molecule has 214 valence electrons. The molecule has 1 saturated carbocycles. The smallest absolute Gasteiger partial charge is 0.259 e. The second-order valence-electron chi connectivity index (χ2n) is 12.1. The van der Waals surface area contributed by atoms with Crippen molar-refractivity contribution < 1.29 is 14.6 Å². The van der Waals surface area contributed by atoms with Crippen LogP contribution in [0.3, 0.4) is 0 Å². The summed E-state index contributed by atoms with van der Waals surface area (Å²) >= 11 is 0. The van der Waals surface area contributed by atoms with E-state index in [1.54, 1.807) is 6.08 Å². The molecule has 0 spiro atoms. The molecular weight excluding hydrogens is 494 g/mol. The number of nitrogens with zero attached hydrogens (tertiary/aromatic N) is 1. The van der Waals surface area contributed by atoms with Crippen molar-refractivity contribution >= 4 is 5.91 Å². The van der Waals surface area contributed by atoms with Gasteiger partial charge >= 0.3 is 0 Å². The molecule has 2 aliphatic heterocycles. The van der Waals surface area contributed by atoms with Gasteiger partial charge in [0.15, 0.2) is 0 Å². The van der Waals surface area contributed by atoms with Gasteiger partial charge in [0.1, 0.15) is 11.4 Å². The first-order valence-corrected chi connectivity index (χ1v) is 15.0. The molecule has 0 aromatic heterocycles. The maximum atomic E-state index is 13.8. The summed E-state index contributed by atoms with van der Waals surface area (Å²) in [6.07, 6.45) is 23.1. The number of carbonyl (C=O) groups excluding carboxylic acids is 1. The van der Waals surface area contributed by atoms with Crippen molar-refractivity contribution in [1.29, 1.82) is 0 Å². The lowest BCUT2D eigenvalue weighted by atomic mass is 9.74. The second-order valence-corrected chi connectivity index (χ2v) is 12.1. The Kier molecular flexibility index (Phi) is 9.73. The number of ether oxygens (including phenoxy) is 1. The average Bonchev–Trinajstić information content (AvgIpc) is 3.20. The molecule has 1 aliphatic carbocycles. The second kappa shape index (κ2) is 13.0. The zero-order chi connectivity index (χ0) is 28.9. The Hall–Kier alpha value is -3.11. The van der Waals surface area contributed by atoms with Gasteiger partial charge in [-0.25, -0.2) is 0 Å². The largest absolute Gasteiger partial charge is 0.484 e. The van der Waals surface area contributed by atoms with E-state index in [-0.39, 0.29) is 5.91 Å². The zero-order valence-electron chi connectivity index (χ0n) is 25.1. The van der Waals surface area contributed by atoms with Crippen molar-refractivity contribution in [3.8, 4) is 5.75 Å². The Labute approximate surface area is 241 Å². The molecule has 0 saturated heterocycles. The number of aliphatic hydroxyl groups is 1. The molecule has 40 heavy (non-hydrogen) atoms. The van der Waals surface area contributed by atoms with E-state index >= 15 is 0 Å². The van der Waals surface area contributed by atoms with Gasteiger partial charge < -0.3 is 14.7 Å². The third-order valence-corrected chi connectivity index (χ3v) is 8.69. The summed E-state index contributed by atoms with van der Waals surface area (Å²) < 4.78 is 6.83. The summed E-state index contributed by atoms with van der Waals surface area (Å²) in [6, 6.07) is 2.11. The first-order valence-electron chi connectivity index (χ1n) is 15.0. The Morgan fingerprint density at radius 3 is 2.60 bits per heavy atom. The van der Waals surface area contributed by atoms with Gasteiger partial charge in [0.2, 0.25) is 0 Å². The fourth-order valence-corrected chi connectivity index (χ4v) is 5.93. The zero-order valence-corrected chi connectivity index (χ0v) is 25.1. The average molecular weight is 542 g/mol. The van der Waals surface area contributed by atoms with Gasteiger partial charge in [-0.15, -0.1) is 0 Å². The molecule has 2 atom stereocenters. The molecule has 4 rings (SSSR count). The molecule has 1 N–H and O–H groups in total. The van der Waals surface area contributed by atoms with E-state index in [1.807, 2.05) is 49.1 Å². The third-order valence-electron chi connectivity index (χ3n) is 8.69. The highest BCUT2D eigenvalue weighted by atomic mass is 16.5. The van der Waals surface area contributed by atoms with Crippen molar-refractivity contribution in [3.05, 3.63) is 100 Å². The lowest BCUT2D eigenvalue weighted by Crippen LogP contribution is -2.49. The van der Waals surface area contributed by atoms with Crippen molar-refractivity contribution in [1.82, 2.24) is 4.90 Å². The summed E-state index contributed by atoms with van der Waals surface area (Å²) in [4.78, 5) is 15.7. The number of fused-ring (bicyclic) bond motifs is 3. The SMILES string of the molecule is C=C\C=C/C(=C\C=C/C)N1Cc2c(cc(C3CCC3)c3c2OC(C)(CC/C=C(\C)CCC=C(C)C)C(O)C3)C1=O. The number of hydrogen-bond acceptors (Lipinski definition) is 3. The lowest BCUT2D eigenvalue weighted by Gasteiger charge is -2.42. The molecule has 1 aromatic rings. The Balaban J connectivity index is 1.65. The van der Waals surface area contributed by atoms with Crippen LogP contribution < -0.4 is 4.74 Å². The quantitative estimate of drug-likeness (QED) is 0.225. The topological polar surface area (TPSA) is 49.8 Å². The van der Waals surface area contributed by atoms with Crippen molar-refractivity contribution in [3.63, 3.8) is 0 Å². The highest BCUT2D eigenvalue weighted by molar-refractivity contribution is 6.01. The Morgan fingerprint density at radius 1 is 1.18 bits per heavy atom. The first-order chi connectivity index (χ1) is 19.2. The molecule has 0 bridgehead atoms. The monoisotopic (exact) mass is 541 g/mol. The molecule has 4 heteroatoms. The van der Waals surface area contributed by atoms with E-state index in [2.05, 4.69) is 45.6 Å². The van der Waals surface area contributed by atoms with Crippen LogP contribution in [-0.2, 0) is 13.0 Å². The minimum atomic E-state index is -0.710. The number of rotatable bonds is 11. The molecule has 0 radical (unpaired) electrons. The van der Waals surface area contributed by atoms with Crippen molar-refractivity contribution in [2.24, 2.45) is 0 Å². The van der Waals surface area contributed by atoms with Crippen LogP contribution in [0.4, 0.5) is 0 Å². The minimum absolute atomic E-state index is 0.00851. The van der Waals surface area contributed by atoms with E-state index in [4.69, 9.17) is 4.74 Å². The highest BCUT2D eigenvalue weighted by Gasteiger charge is 2.45. The standard InChI is InChI=1S/C36H47NO3/c1-7-9-19-28(20-10-8-2)37-24-32-31(35(37)39)22-29(27-17-12-18-27)30-23-33(38)36(6,40-34(30)32)21-13-16-26(5)15-11-14-25(3)4/h7-10,14,16,19-20,22,27,33,38H,1,11-13,15,17-18,21,23-24H2,2-6H3/b10-8-,19-9-,26-16+,28-20+. The van der Waals surface area contributed by atoms with Crippen LogP contribution in [-0.4, -0.2) is 27.6 Å². The predicted molar refractivity (Wildman–Crippen MR) is 166 cm³/mol. The van der Waals surface area contributed by atoms with E-state index in [0.29, 0.717) is 18.9 Å². The summed E-state index contributed by atoms with van der Waals surface area (Å²) in [5, 5.41) is 11.4. The molecule has 1 amide bonds. The number of benzene rings is 1. The van der Waals surface area contributed by atoms with Gasteiger partial charge in [0.05, 0.1) is 12.6 Å². The van der Waals surface area contributed by atoms with Gasteiger partial charge in [-0.2, -0.15) is 0 Å². The summed E-state index contributed by atoms with van der Waals surface area (Å²) in [7, 11) is 0. The Morgan fingerprint density at radius 2 is 1.95 bits per heavy atom. The van der Waals surface area contributed by atoms with Gasteiger partial charge in [0.25, 0.3) is 5.91 Å². The number of aliphatic hydroxyl groups excluding tert-OH is 1. The molecule has 1 aromatic carbocycles. The van der Waals surface area contributed by atoms with E-state index < -0.39 is 11.7 Å². The molecule has 1 fully saturated rings. The Bertz CT molecular complexity index is 1270. The molecular formula is C36H47NO3. The van der Waals surface area contributed by atoms with Crippen LogP contribution in [0.15, 0.2) is 78.1 Å². The van der Waals surface area contributed by atoms with E-state index in [9.17, 15) is 9.90 Å². The molecule has 3 aliphatic rings. The van der Waals surface area contributed by atoms with E-state index in [1.165, 1.54) is 23.1 Å². The predicted octanol–water partition coefficient (Wildman–Crippen LogP) is 8.64. The maximum absolute atomic E-state index is 13.8. The minimum Gasteiger partial charge on any atom is -0.484 e. The van der Waals surface area contributed by atoms with Crippen molar-refractivity contribution in [2.45, 2.75) is 110 Å².